The number of halogens is 3. The van der Waals surface area contributed by atoms with Crippen LogP contribution in [0.3, 0.4) is 0 Å². The van der Waals surface area contributed by atoms with Crippen molar-refractivity contribution in [2.24, 2.45) is 0 Å². The molecule has 0 aromatic heterocycles. The van der Waals surface area contributed by atoms with Crippen LogP contribution < -0.4 is 4.74 Å². The molecule has 2 rings (SSSR count). The van der Waals surface area contributed by atoms with Crippen LogP contribution in [0, 0.1) is 0 Å². The van der Waals surface area contributed by atoms with Crippen LogP contribution in [-0.4, -0.2) is 26.2 Å². The Balaban J connectivity index is 2.35. The Kier molecular flexibility index (Phi) is 5.31. The maximum atomic E-state index is 13.2. The van der Waals surface area contributed by atoms with Crippen LogP contribution in [0.2, 0.25) is 0 Å². The second-order valence-electron chi connectivity index (χ2n) is 4.82. The third-order valence-corrected chi connectivity index (χ3v) is 3.21. The molecule has 0 aliphatic heterocycles. The largest absolute Gasteiger partial charge is 0.465 e. The number of carbonyl (C=O) groups is 2. The van der Waals surface area contributed by atoms with Gasteiger partial charge in [0.25, 0.3) is 0 Å². The van der Waals surface area contributed by atoms with Crippen LogP contribution in [0.5, 0.6) is 11.5 Å². The van der Waals surface area contributed by atoms with E-state index < -0.39 is 29.4 Å². The number of alkyl halides is 3. The average molecular weight is 354 g/mol. The number of hydrogen-bond donors (Lipinski definition) is 0. The normalized spacial score (nSPS) is 10.9. The Bertz CT molecular complexity index is 782. The maximum absolute atomic E-state index is 13.2. The van der Waals surface area contributed by atoms with E-state index in [-0.39, 0.29) is 16.9 Å². The summed E-state index contributed by atoms with van der Waals surface area (Å²) in [4.78, 5) is 22.8. The van der Waals surface area contributed by atoms with Gasteiger partial charge in [0.2, 0.25) is 0 Å². The van der Waals surface area contributed by atoms with Crippen molar-refractivity contribution in [2.75, 3.05) is 14.2 Å². The Hall–Kier alpha value is -3.03. The van der Waals surface area contributed by atoms with Crippen LogP contribution in [0.4, 0.5) is 13.2 Å². The van der Waals surface area contributed by atoms with Crippen molar-refractivity contribution in [3.8, 4) is 11.5 Å². The van der Waals surface area contributed by atoms with Gasteiger partial charge >= 0.3 is 18.1 Å². The second kappa shape index (κ2) is 7.25. The topological polar surface area (TPSA) is 61.8 Å². The Morgan fingerprint density at radius 1 is 0.840 bits per heavy atom. The molecule has 0 amide bonds. The molecule has 0 saturated carbocycles. The first-order valence-electron chi connectivity index (χ1n) is 6.92. The van der Waals surface area contributed by atoms with E-state index in [9.17, 15) is 22.8 Å². The first-order valence-corrected chi connectivity index (χ1v) is 6.92. The Morgan fingerprint density at radius 2 is 1.36 bits per heavy atom. The van der Waals surface area contributed by atoms with Gasteiger partial charge in [-0.25, -0.2) is 9.59 Å². The van der Waals surface area contributed by atoms with Gasteiger partial charge in [-0.1, -0.05) is 0 Å². The molecule has 2 aromatic rings. The van der Waals surface area contributed by atoms with E-state index >= 15 is 0 Å². The van der Waals surface area contributed by atoms with Crippen LogP contribution in [0.15, 0.2) is 42.5 Å². The van der Waals surface area contributed by atoms with E-state index in [1.165, 1.54) is 37.4 Å². The average Bonchev–Trinajstić information content (AvgIpc) is 2.60. The standard InChI is InChI=1S/C17H13F3O5/c1-23-15(21)10-3-6-12(7-4-10)25-14-8-5-11(16(22)24-2)9-13(14)17(18,19)20/h3-9H,1-2H3. The molecule has 25 heavy (non-hydrogen) atoms. The molecule has 0 unspecified atom stereocenters. The summed E-state index contributed by atoms with van der Waals surface area (Å²) in [6, 6.07) is 8.24. The van der Waals surface area contributed by atoms with Gasteiger partial charge < -0.3 is 14.2 Å². The van der Waals surface area contributed by atoms with Crippen molar-refractivity contribution in [1.29, 1.82) is 0 Å². The molecule has 0 aliphatic rings. The van der Waals surface area contributed by atoms with Crippen molar-refractivity contribution in [3.05, 3.63) is 59.2 Å². The highest BCUT2D eigenvalue weighted by atomic mass is 19.4. The molecule has 2 aromatic carbocycles. The molecule has 0 heterocycles. The zero-order valence-electron chi connectivity index (χ0n) is 13.2. The fraction of sp³-hybridized carbons (Fsp3) is 0.176. The molecule has 0 fully saturated rings. The molecule has 0 atom stereocenters. The summed E-state index contributed by atoms with van der Waals surface area (Å²) in [5.74, 6) is -1.86. The predicted molar refractivity (Wildman–Crippen MR) is 80.6 cm³/mol. The minimum absolute atomic E-state index is 0.0870. The lowest BCUT2D eigenvalue weighted by atomic mass is 10.1. The molecule has 8 heteroatoms. The molecule has 0 bridgehead atoms. The summed E-state index contributed by atoms with van der Waals surface area (Å²) in [6.07, 6.45) is -4.73. The number of methoxy groups -OCH3 is 2. The smallest absolute Gasteiger partial charge is 0.420 e. The molecule has 0 radical (unpaired) electrons. The fourth-order valence-electron chi connectivity index (χ4n) is 1.99. The third-order valence-electron chi connectivity index (χ3n) is 3.21. The van der Waals surface area contributed by atoms with E-state index in [2.05, 4.69) is 9.47 Å². The zero-order chi connectivity index (χ0) is 18.6. The number of esters is 2. The lowest BCUT2D eigenvalue weighted by Crippen LogP contribution is -2.10. The number of carbonyl (C=O) groups excluding carboxylic acids is 2. The van der Waals surface area contributed by atoms with Gasteiger partial charge in [0, 0.05) is 0 Å². The molecular weight excluding hydrogens is 341 g/mol. The summed E-state index contributed by atoms with van der Waals surface area (Å²) < 4.78 is 53.9. The van der Waals surface area contributed by atoms with Crippen LogP contribution in [0.1, 0.15) is 26.3 Å². The predicted octanol–water partition coefficient (Wildman–Crippen LogP) is 4.07. The van der Waals surface area contributed by atoms with E-state index in [4.69, 9.17) is 4.74 Å². The van der Waals surface area contributed by atoms with Gasteiger partial charge in [-0.2, -0.15) is 13.2 Å². The molecule has 132 valence electrons. The van der Waals surface area contributed by atoms with Gasteiger partial charge in [0.15, 0.2) is 0 Å². The van der Waals surface area contributed by atoms with E-state index in [1.54, 1.807) is 0 Å². The lowest BCUT2D eigenvalue weighted by molar-refractivity contribution is -0.138. The quantitative estimate of drug-likeness (QED) is 0.775. The molecular formula is C17H13F3O5. The van der Waals surface area contributed by atoms with Gasteiger partial charge in [-0.15, -0.1) is 0 Å². The minimum atomic E-state index is -4.73. The number of rotatable bonds is 4. The summed E-state index contributed by atoms with van der Waals surface area (Å²) in [5, 5.41) is 0. The first-order chi connectivity index (χ1) is 11.8. The fourth-order valence-corrected chi connectivity index (χ4v) is 1.99. The summed E-state index contributed by atoms with van der Waals surface area (Å²) in [5.41, 5.74) is -1.14. The SMILES string of the molecule is COC(=O)c1ccc(Oc2ccc(C(=O)OC)cc2C(F)(F)F)cc1. The summed E-state index contributed by atoms with van der Waals surface area (Å²) >= 11 is 0. The van der Waals surface area contributed by atoms with E-state index in [0.717, 1.165) is 13.2 Å². The van der Waals surface area contributed by atoms with Gasteiger partial charge in [-0.05, 0) is 42.5 Å². The van der Waals surface area contributed by atoms with Crippen molar-refractivity contribution >= 4 is 11.9 Å². The summed E-state index contributed by atoms with van der Waals surface area (Å²) in [6.45, 7) is 0. The highest BCUT2D eigenvalue weighted by Gasteiger charge is 2.35. The number of benzene rings is 2. The Labute approximate surface area is 140 Å². The van der Waals surface area contributed by atoms with Crippen molar-refractivity contribution < 1.29 is 37.0 Å². The third kappa shape index (κ3) is 4.28. The minimum Gasteiger partial charge on any atom is -0.465 e. The monoisotopic (exact) mass is 354 g/mol. The van der Waals surface area contributed by atoms with Crippen molar-refractivity contribution in [1.82, 2.24) is 0 Å². The zero-order valence-corrected chi connectivity index (χ0v) is 13.2. The van der Waals surface area contributed by atoms with E-state index in [1.807, 2.05) is 0 Å². The molecule has 0 aliphatic carbocycles. The van der Waals surface area contributed by atoms with E-state index in [0.29, 0.717) is 6.07 Å². The Morgan fingerprint density at radius 3 is 1.88 bits per heavy atom. The highest BCUT2D eigenvalue weighted by Crippen LogP contribution is 2.38. The molecule has 0 spiro atoms. The highest BCUT2D eigenvalue weighted by molar-refractivity contribution is 5.90. The summed E-state index contributed by atoms with van der Waals surface area (Å²) in [7, 11) is 2.29. The molecule has 5 nitrogen and oxygen atoms in total. The second-order valence-corrected chi connectivity index (χ2v) is 4.82. The van der Waals surface area contributed by atoms with Crippen LogP contribution >= 0.6 is 0 Å². The lowest BCUT2D eigenvalue weighted by Gasteiger charge is -2.15. The maximum Gasteiger partial charge on any atom is 0.420 e. The van der Waals surface area contributed by atoms with Gasteiger partial charge in [0.1, 0.15) is 11.5 Å². The van der Waals surface area contributed by atoms with Crippen molar-refractivity contribution in [3.63, 3.8) is 0 Å². The van der Waals surface area contributed by atoms with Gasteiger partial charge in [-0.3, -0.25) is 0 Å². The molecule has 0 N–H and O–H groups in total. The van der Waals surface area contributed by atoms with Crippen molar-refractivity contribution in [2.45, 2.75) is 6.18 Å². The first kappa shape index (κ1) is 18.3. The number of ether oxygens (including phenoxy) is 3. The number of hydrogen-bond acceptors (Lipinski definition) is 5. The van der Waals surface area contributed by atoms with Gasteiger partial charge in [0.05, 0.1) is 30.9 Å². The molecule has 0 saturated heterocycles. The van der Waals surface area contributed by atoms with Crippen LogP contribution in [0.25, 0.3) is 0 Å². The van der Waals surface area contributed by atoms with Crippen LogP contribution in [-0.2, 0) is 15.7 Å².